The second kappa shape index (κ2) is 11.5. The summed E-state index contributed by atoms with van der Waals surface area (Å²) in [6, 6.07) is 20.0. The number of rotatable bonds is 7. The fourth-order valence-electron chi connectivity index (χ4n) is 4.57. The van der Waals surface area contributed by atoms with Crippen LogP contribution in [-0.2, 0) is 16.1 Å². The molecule has 0 unspecified atom stereocenters. The van der Waals surface area contributed by atoms with Gasteiger partial charge in [0.1, 0.15) is 24.1 Å². The van der Waals surface area contributed by atoms with Crippen molar-refractivity contribution in [3.8, 4) is 11.5 Å². The van der Waals surface area contributed by atoms with Crippen LogP contribution in [0.2, 0.25) is 5.02 Å². The van der Waals surface area contributed by atoms with E-state index in [0.717, 1.165) is 16.9 Å². The smallest absolute Gasteiger partial charge is 0.338 e. The quantitative estimate of drug-likeness (QED) is 0.292. The van der Waals surface area contributed by atoms with Gasteiger partial charge in [0, 0.05) is 10.6 Å². The highest BCUT2D eigenvalue weighted by Crippen LogP contribution is 2.37. The molecule has 0 spiro atoms. The van der Waals surface area contributed by atoms with Crippen molar-refractivity contribution in [2.24, 2.45) is 4.99 Å². The van der Waals surface area contributed by atoms with Gasteiger partial charge in [-0.2, -0.15) is 0 Å². The number of nitrogens with zero attached hydrogens (tertiary/aromatic N) is 2. The van der Waals surface area contributed by atoms with Gasteiger partial charge in [-0.05, 0) is 61.4 Å². The Balaban J connectivity index is 1.53. The van der Waals surface area contributed by atoms with Gasteiger partial charge in [-0.1, -0.05) is 64.9 Å². The van der Waals surface area contributed by atoms with Crippen molar-refractivity contribution in [2.45, 2.75) is 26.5 Å². The molecular weight excluding hydrogens is 548 g/mol. The second-order valence-corrected chi connectivity index (χ2v) is 10.7. The maximum atomic E-state index is 13.8. The Morgan fingerprint density at radius 3 is 2.45 bits per heavy atom. The molecule has 9 heteroatoms. The number of carbonyl (C=O) groups is 1. The summed E-state index contributed by atoms with van der Waals surface area (Å²) in [4.78, 5) is 31.8. The molecule has 40 heavy (non-hydrogen) atoms. The zero-order valence-electron chi connectivity index (χ0n) is 22.4. The average Bonchev–Trinajstić information content (AvgIpc) is 3.26. The Bertz CT molecular complexity index is 1790. The van der Waals surface area contributed by atoms with E-state index in [1.165, 1.54) is 35.7 Å². The van der Waals surface area contributed by atoms with Gasteiger partial charge in [-0.15, -0.1) is 0 Å². The number of aromatic nitrogens is 1. The van der Waals surface area contributed by atoms with Crippen LogP contribution < -0.4 is 24.4 Å². The van der Waals surface area contributed by atoms with Gasteiger partial charge in [0.05, 0.1) is 30.0 Å². The first kappa shape index (κ1) is 27.4. The fraction of sp³-hybridized carbons (Fsp3) is 0.194. The molecule has 7 nitrogen and oxygen atoms in total. The number of halogens is 1. The van der Waals surface area contributed by atoms with Gasteiger partial charge in [0.25, 0.3) is 5.56 Å². The number of ether oxygens (including phenoxy) is 3. The summed E-state index contributed by atoms with van der Waals surface area (Å²) in [5.74, 6) is 0.635. The molecule has 1 aromatic heterocycles. The minimum atomic E-state index is -0.822. The van der Waals surface area contributed by atoms with Crippen molar-refractivity contribution in [1.29, 1.82) is 0 Å². The first-order chi connectivity index (χ1) is 19.3. The van der Waals surface area contributed by atoms with Crippen molar-refractivity contribution in [3.63, 3.8) is 0 Å². The van der Waals surface area contributed by atoms with Gasteiger partial charge < -0.3 is 14.2 Å². The molecule has 0 amide bonds. The van der Waals surface area contributed by atoms with Crippen LogP contribution in [0.1, 0.15) is 35.2 Å². The van der Waals surface area contributed by atoms with E-state index in [1.807, 2.05) is 43.3 Å². The predicted molar refractivity (Wildman–Crippen MR) is 156 cm³/mol. The first-order valence-corrected chi connectivity index (χ1v) is 13.7. The zero-order chi connectivity index (χ0) is 28.4. The standard InChI is InChI=1S/C31H27ClN2O5S/c1-18-5-7-21(8-6-18)17-39-23-12-9-20(10-13-23)15-26-29(35)34-28(24-16-22(32)11-14-25(24)37-3)27(30(36)38-4)19(2)33-31(34)40-26/h5-16,28H,17H2,1-4H3/b26-15-/t28-/m0/s1. The minimum absolute atomic E-state index is 0.247. The largest absolute Gasteiger partial charge is 0.496 e. The maximum Gasteiger partial charge on any atom is 0.338 e. The Hall–Kier alpha value is -4.14. The molecule has 1 atom stereocenters. The number of thiazole rings is 1. The number of carbonyl (C=O) groups excluding carboxylic acids is 1. The third-order valence-corrected chi connectivity index (χ3v) is 7.84. The van der Waals surface area contributed by atoms with E-state index in [4.69, 9.17) is 25.8 Å². The van der Waals surface area contributed by atoms with E-state index < -0.39 is 12.0 Å². The third-order valence-electron chi connectivity index (χ3n) is 6.62. The minimum Gasteiger partial charge on any atom is -0.496 e. The summed E-state index contributed by atoms with van der Waals surface area (Å²) in [6.07, 6.45) is 1.80. The van der Waals surface area contributed by atoms with Crippen LogP contribution in [-0.4, -0.2) is 24.8 Å². The maximum absolute atomic E-state index is 13.8. The predicted octanol–water partition coefficient (Wildman–Crippen LogP) is 4.96. The summed E-state index contributed by atoms with van der Waals surface area (Å²) >= 11 is 7.58. The highest BCUT2D eigenvalue weighted by Gasteiger charge is 2.35. The summed E-state index contributed by atoms with van der Waals surface area (Å²) < 4.78 is 18.5. The SMILES string of the molecule is COC(=O)C1=C(C)N=c2s/c(=C\c3ccc(OCc4ccc(C)cc4)cc3)c(=O)n2[C@H]1c1cc(Cl)ccc1OC. The molecular formula is C31H27ClN2O5S. The number of allylic oxidation sites excluding steroid dienone is 1. The Morgan fingerprint density at radius 1 is 1.05 bits per heavy atom. The van der Waals surface area contributed by atoms with Gasteiger partial charge in [0.15, 0.2) is 4.80 Å². The molecule has 0 saturated heterocycles. The fourth-order valence-corrected chi connectivity index (χ4v) is 5.80. The van der Waals surface area contributed by atoms with Crippen molar-refractivity contribution in [2.75, 3.05) is 14.2 Å². The van der Waals surface area contributed by atoms with Gasteiger partial charge in [-0.25, -0.2) is 9.79 Å². The number of fused-ring (bicyclic) bond motifs is 1. The molecule has 0 bridgehead atoms. The van der Waals surface area contributed by atoms with Crippen LogP contribution in [0.3, 0.4) is 0 Å². The highest BCUT2D eigenvalue weighted by molar-refractivity contribution is 7.07. The Morgan fingerprint density at radius 2 is 1.77 bits per heavy atom. The molecule has 1 aliphatic rings. The third kappa shape index (κ3) is 5.46. The Kier molecular flexibility index (Phi) is 7.91. The number of hydrogen-bond donors (Lipinski definition) is 0. The number of benzene rings is 3. The van der Waals surface area contributed by atoms with Gasteiger partial charge in [0.2, 0.25) is 0 Å². The van der Waals surface area contributed by atoms with Crippen molar-refractivity contribution < 1.29 is 19.0 Å². The summed E-state index contributed by atoms with van der Waals surface area (Å²) in [7, 11) is 2.83. The highest BCUT2D eigenvalue weighted by atomic mass is 35.5. The van der Waals surface area contributed by atoms with Gasteiger partial charge in [-0.3, -0.25) is 9.36 Å². The van der Waals surface area contributed by atoms with E-state index in [0.29, 0.717) is 38.0 Å². The van der Waals surface area contributed by atoms with Crippen LogP contribution in [0.25, 0.3) is 6.08 Å². The summed E-state index contributed by atoms with van der Waals surface area (Å²) in [5, 5.41) is 0.446. The molecule has 4 aromatic rings. The van der Waals surface area contributed by atoms with Gasteiger partial charge >= 0.3 is 5.97 Å². The van der Waals surface area contributed by atoms with Crippen molar-refractivity contribution >= 4 is 35.0 Å². The molecule has 204 valence electrons. The van der Waals surface area contributed by atoms with Crippen molar-refractivity contribution in [3.05, 3.63) is 125 Å². The van der Waals surface area contributed by atoms with Crippen molar-refractivity contribution in [1.82, 2.24) is 4.57 Å². The molecule has 0 aliphatic carbocycles. The van der Waals surface area contributed by atoms with Crippen LogP contribution in [0.4, 0.5) is 0 Å². The van der Waals surface area contributed by atoms with Crippen LogP contribution in [0.5, 0.6) is 11.5 Å². The topological polar surface area (TPSA) is 79.1 Å². The van der Waals surface area contributed by atoms with Crippen LogP contribution in [0.15, 0.2) is 87.8 Å². The second-order valence-electron chi connectivity index (χ2n) is 9.30. The molecule has 1 aliphatic heterocycles. The normalized spacial score (nSPS) is 14.9. The first-order valence-electron chi connectivity index (χ1n) is 12.5. The number of aryl methyl sites for hydroxylation is 1. The van der Waals surface area contributed by atoms with E-state index in [9.17, 15) is 9.59 Å². The molecule has 3 aromatic carbocycles. The molecule has 0 fully saturated rings. The number of methoxy groups -OCH3 is 2. The summed E-state index contributed by atoms with van der Waals surface area (Å²) in [6.45, 7) is 4.24. The monoisotopic (exact) mass is 574 g/mol. The molecule has 0 N–H and O–H groups in total. The lowest BCUT2D eigenvalue weighted by Gasteiger charge is -2.25. The molecule has 0 saturated carbocycles. The van der Waals surface area contributed by atoms with Crippen LogP contribution >= 0.6 is 22.9 Å². The number of esters is 1. The lowest BCUT2D eigenvalue weighted by molar-refractivity contribution is -0.136. The lowest BCUT2D eigenvalue weighted by Crippen LogP contribution is -2.40. The molecule has 5 rings (SSSR count). The van der Waals surface area contributed by atoms with E-state index in [1.54, 1.807) is 31.2 Å². The van der Waals surface area contributed by atoms with Crippen LogP contribution in [0, 0.1) is 6.92 Å². The van der Waals surface area contributed by atoms with E-state index in [2.05, 4.69) is 17.1 Å². The Labute approximate surface area is 240 Å². The molecule has 0 radical (unpaired) electrons. The number of hydrogen-bond acceptors (Lipinski definition) is 7. The zero-order valence-corrected chi connectivity index (χ0v) is 24.0. The average molecular weight is 575 g/mol. The van der Waals surface area contributed by atoms with E-state index >= 15 is 0 Å². The van der Waals surface area contributed by atoms with E-state index in [-0.39, 0.29) is 11.1 Å². The summed E-state index contributed by atoms with van der Waals surface area (Å²) in [5.41, 5.74) is 4.10. The molecule has 2 heterocycles. The lowest BCUT2D eigenvalue weighted by atomic mass is 9.95.